The molecular weight excluding hydrogens is 432 g/mol. The van der Waals surface area contributed by atoms with Crippen molar-refractivity contribution in [2.24, 2.45) is 0 Å². The number of hydrogen-bond acceptors (Lipinski definition) is 5. The van der Waals surface area contributed by atoms with E-state index in [0.29, 0.717) is 35.5 Å². The van der Waals surface area contributed by atoms with E-state index in [-0.39, 0.29) is 17.4 Å². The number of anilines is 1. The van der Waals surface area contributed by atoms with E-state index in [2.05, 4.69) is 10.6 Å². The summed E-state index contributed by atoms with van der Waals surface area (Å²) in [6.07, 6.45) is 0. The molecule has 0 saturated carbocycles. The molecular formula is C26H28N4O4. The molecule has 0 fully saturated rings. The van der Waals surface area contributed by atoms with Crippen LogP contribution < -0.4 is 16.1 Å². The Bertz CT molecular complexity index is 1170. The Morgan fingerprint density at radius 2 is 1.44 bits per heavy atom. The minimum Gasteiger partial charge on any atom is -0.340 e. The lowest BCUT2D eigenvalue weighted by Crippen LogP contribution is -2.32. The minimum absolute atomic E-state index is 0.181. The fraction of sp³-hybridized carbons (Fsp3) is 0.192. The van der Waals surface area contributed by atoms with Gasteiger partial charge in [0.05, 0.1) is 0 Å². The van der Waals surface area contributed by atoms with Gasteiger partial charge in [-0.3, -0.25) is 19.6 Å². The predicted molar refractivity (Wildman–Crippen MR) is 131 cm³/mol. The molecule has 3 aromatic rings. The number of likely N-dealkylation sites (N-methyl/N-ethyl adjacent to an activating group) is 2. The third-order valence-electron chi connectivity index (χ3n) is 5.38. The fourth-order valence-corrected chi connectivity index (χ4v) is 3.38. The van der Waals surface area contributed by atoms with Crippen molar-refractivity contribution in [3.8, 4) is 11.1 Å². The number of carbonyl (C=O) groups excluding carboxylic acids is 3. The second-order valence-electron chi connectivity index (χ2n) is 7.97. The number of rotatable bonds is 8. The zero-order chi connectivity index (χ0) is 24.7. The number of amides is 3. The van der Waals surface area contributed by atoms with Gasteiger partial charge in [-0.05, 0) is 67.6 Å². The van der Waals surface area contributed by atoms with Gasteiger partial charge in [-0.1, -0.05) is 29.8 Å². The van der Waals surface area contributed by atoms with Gasteiger partial charge in [0.25, 0.3) is 17.7 Å². The highest BCUT2D eigenvalue weighted by Gasteiger charge is 2.16. The van der Waals surface area contributed by atoms with Crippen molar-refractivity contribution in [1.82, 2.24) is 15.7 Å². The van der Waals surface area contributed by atoms with Gasteiger partial charge in [0.2, 0.25) is 0 Å². The molecule has 0 heterocycles. The van der Waals surface area contributed by atoms with Gasteiger partial charge in [-0.15, -0.1) is 0 Å². The maximum atomic E-state index is 13.1. The number of hydroxylamine groups is 1. The fourth-order valence-electron chi connectivity index (χ4n) is 3.38. The monoisotopic (exact) mass is 460 g/mol. The van der Waals surface area contributed by atoms with Crippen molar-refractivity contribution in [3.05, 3.63) is 89.0 Å². The maximum absolute atomic E-state index is 13.1. The summed E-state index contributed by atoms with van der Waals surface area (Å²) in [5.41, 5.74) is 5.79. The highest BCUT2D eigenvalue weighted by molar-refractivity contribution is 6.06. The van der Waals surface area contributed by atoms with Crippen molar-refractivity contribution in [2.45, 2.75) is 6.92 Å². The zero-order valence-electron chi connectivity index (χ0n) is 19.4. The van der Waals surface area contributed by atoms with Crippen LogP contribution in [0.15, 0.2) is 66.7 Å². The molecule has 8 heteroatoms. The Balaban J connectivity index is 1.97. The first-order valence-electron chi connectivity index (χ1n) is 10.8. The first-order valence-corrected chi connectivity index (χ1v) is 10.8. The Kier molecular flexibility index (Phi) is 8.13. The third kappa shape index (κ3) is 6.06. The van der Waals surface area contributed by atoms with E-state index in [1.165, 1.54) is 0 Å². The largest absolute Gasteiger partial charge is 0.340 e. The SMILES string of the molecule is CNCCN(C)C(=O)c1cc(NC(=O)c2ccc(C)cc2)cc(-c2ccc(C(=O)NO)cc2)c1. The Morgan fingerprint density at radius 3 is 2.06 bits per heavy atom. The summed E-state index contributed by atoms with van der Waals surface area (Å²) in [6.45, 7) is 3.12. The summed E-state index contributed by atoms with van der Waals surface area (Å²) in [5, 5.41) is 14.7. The van der Waals surface area contributed by atoms with Gasteiger partial charge in [-0.2, -0.15) is 0 Å². The van der Waals surface area contributed by atoms with Crippen molar-refractivity contribution in [2.75, 3.05) is 32.5 Å². The molecule has 3 rings (SSSR count). The van der Waals surface area contributed by atoms with Crippen LogP contribution in [0.4, 0.5) is 5.69 Å². The normalized spacial score (nSPS) is 10.5. The molecule has 0 aliphatic heterocycles. The quantitative estimate of drug-likeness (QED) is 0.304. The van der Waals surface area contributed by atoms with Crippen LogP contribution in [0.5, 0.6) is 0 Å². The molecule has 0 unspecified atom stereocenters. The summed E-state index contributed by atoms with van der Waals surface area (Å²) in [6, 6.07) is 19.0. The summed E-state index contributed by atoms with van der Waals surface area (Å²) in [5.74, 6) is -1.08. The van der Waals surface area contributed by atoms with E-state index in [4.69, 9.17) is 5.21 Å². The van der Waals surface area contributed by atoms with Crippen LogP contribution in [0.3, 0.4) is 0 Å². The van der Waals surface area contributed by atoms with Gasteiger partial charge in [0.1, 0.15) is 0 Å². The smallest absolute Gasteiger partial charge is 0.274 e. The summed E-state index contributed by atoms with van der Waals surface area (Å²) < 4.78 is 0. The number of aryl methyl sites for hydroxylation is 1. The summed E-state index contributed by atoms with van der Waals surface area (Å²) in [4.78, 5) is 39.1. The van der Waals surface area contributed by atoms with Crippen molar-refractivity contribution < 1.29 is 19.6 Å². The number of nitrogens with zero attached hydrogens (tertiary/aromatic N) is 1. The van der Waals surface area contributed by atoms with E-state index >= 15 is 0 Å². The Morgan fingerprint density at radius 1 is 0.824 bits per heavy atom. The molecule has 0 aliphatic carbocycles. The minimum atomic E-state index is -0.618. The molecule has 34 heavy (non-hydrogen) atoms. The summed E-state index contributed by atoms with van der Waals surface area (Å²) >= 11 is 0. The lowest BCUT2D eigenvalue weighted by Gasteiger charge is -2.18. The molecule has 3 amide bonds. The number of benzene rings is 3. The van der Waals surface area contributed by atoms with Gasteiger partial charge >= 0.3 is 0 Å². The molecule has 176 valence electrons. The Labute approximate surface area is 198 Å². The van der Waals surface area contributed by atoms with E-state index in [1.54, 1.807) is 72.0 Å². The number of nitrogens with one attached hydrogen (secondary N) is 3. The van der Waals surface area contributed by atoms with E-state index in [1.807, 2.05) is 26.1 Å². The predicted octanol–water partition coefficient (Wildman–Crippen LogP) is 3.32. The third-order valence-corrected chi connectivity index (χ3v) is 5.38. The van der Waals surface area contributed by atoms with E-state index in [0.717, 1.165) is 11.1 Å². The average Bonchev–Trinajstić information content (AvgIpc) is 2.86. The Hall–Kier alpha value is -4.01. The standard InChI is InChI=1S/C26H28N4O4/c1-17-4-6-19(7-5-17)24(31)28-23-15-21(18-8-10-20(11-9-18)25(32)29-34)14-22(16-23)26(33)30(3)13-12-27-2/h4-11,14-16,27,34H,12-13H2,1-3H3,(H,28,31)(H,29,32). The van der Waals surface area contributed by atoms with Crippen LogP contribution in [-0.4, -0.2) is 55.0 Å². The average molecular weight is 461 g/mol. The highest BCUT2D eigenvalue weighted by atomic mass is 16.5. The van der Waals surface area contributed by atoms with Crippen molar-refractivity contribution in [1.29, 1.82) is 0 Å². The van der Waals surface area contributed by atoms with Crippen LogP contribution in [0.1, 0.15) is 36.6 Å². The molecule has 3 aromatic carbocycles. The molecule has 0 aliphatic rings. The molecule has 0 spiro atoms. The first kappa shape index (κ1) is 24.6. The molecule has 0 aromatic heterocycles. The molecule has 0 saturated heterocycles. The van der Waals surface area contributed by atoms with Crippen LogP contribution in [-0.2, 0) is 0 Å². The second kappa shape index (κ2) is 11.2. The molecule has 0 atom stereocenters. The van der Waals surface area contributed by atoms with Gasteiger partial charge < -0.3 is 15.5 Å². The van der Waals surface area contributed by atoms with Crippen LogP contribution >= 0.6 is 0 Å². The maximum Gasteiger partial charge on any atom is 0.274 e. The highest BCUT2D eigenvalue weighted by Crippen LogP contribution is 2.26. The van der Waals surface area contributed by atoms with Gasteiger partial charge in [0.15, 0.2) is 0 Å². The van der Waals surface area contributed by atoms with Gasteiger partial charge in [-0.25, -0.2) is 5.48 Å². The molecule has 8 nitrogen and oxygen atoms in total. The number of hydrogen-bond donors (Lipinski definition) is 4. The van der Waals surface area contributed by atoms with Crippen LogP contribution in [0.25, 0.3) is 11.1 Å². The lowest BCUT2D eigenvalue weighted by molar-refractivity contribution is 0.0706. The number of carbonyl (C=O) groups is 3. The summed E-state index contributed by atoms with van der Waals surface area (Å²) in [7, 11) is 3.54. The second-order valence-corrected chi connectivity index (χ2v) is 7.97. The van der Waals surface area contributed by atoms with Crippen LogP contribution in [0, 0.1) is 6.92 Å². The van der Waals surface area contributed by atoms with E-state index < -0.39 is 5.91 Å². The molecule has 4 N–H and O–H groups in total. The zero-order valence-corrected chi connectivity index (χ0v) is 19.4. The first-order chi connectivity index (χ1) is 16.3. The van der Waals surface area contributed by atoms with Gasteiger partial charge in [0, 0.05) is 42.5 Å². The molecule has 0 bridgehead atoms. The van der Waals surface area contributed by atoms with Crippen molar-refractivity contribution >= 4 is 23.4 Å². The topological polar surface area (TPSA) is 111 Å². The van der Waals surface area contributed by atoms with Crippen LogP contribution in [0.2, 0.25) is 0 Å². The molecule has 0 radical (unpaired) electrons. The lowest BCUT2D eigenvalue weighted by atomic mass is 10.00. The van der Waals surface area contributed by atoms with Crippen molar-refractivity contribution in [3.63, 3.8) is 0 Å². The van der Waals surface area contributed by atoms with E-state index in [9.17, 15) is 14.4 Å².